The van der Waals surface area contributed by atoms with Gasteiger partial charge in [0.15, 0.2) is 0 Å². The van der Waals surface area contributed by atoms with Crippen molar-refractivity contribution in [1.29, 1.82) is 0 Å². The Morgan fingerprint density at radius 2 is 2.10 bits per heavy atom. The lowest BCUT2D eigenvalue weighted by atomic mass is 10.1. The Hall–Kier alpha value is -1.27. The van der Waals surface area contributed by atoms with E-state index in [1.165, 1.54) is 23.5 Å². The Kier molecular flexibility index (Phi) is 4.55. The zero-order valence-corrected chi connectivity index (χ0v) is 12.2. The first-order chi connectivity index (χ1) is 9.40. The van der Waals surface area contributed by atoms with Gasteiger partial charge < -0.3 is 5.32 Å². The van der Waals surface area contributed by atoms with Crippen molar-refractivity contribution in [3.63, 3.8) is 0 Å². The Balaban J connectivity index is 2.17. The number of hydrogen-bond donors (Lipinski definition) is 1. The van der Waals surface area contributed by atoms with Crippen LogP contribution in [0.1, 0.15) is 23.2 Å². The van der Waals surface area contributed by atoms with Gasteiger partial charge in [-0.1, -0.05) is 18.5 Å². The fourth-order valence-electron chi connectivity index (χ4n) is 1.68. The molecular formula is C13H12ClF3N2S. The summed E-state index contributed by atoms with van der Waals surface area (Å²) >= 11 is 7.13. The van der Waals surface area contributed by atoms with E-state index in [0.29, 0.717) is 0 Å². The Morgan fingerprint density at radius 1 is 1.35 bits per heavy atom. The standard InChI is InChI=1S/C13H12ClF3N2S/c1-2-12-19-9(7-20-12)6-18-11-4-3-8(14)5-10(11)13(15,16)17/h3-5,7,18H,2,6H2,1H3. The number of hydrogen-bond acceptors (Lipinski definition) is 3. The number of thiazole rings is 1. The van der Waals surface area contributed by atoms with Crippen molar-refractivity contribution in [2.45, 2.75) is 26.1 Å². The Bertz CT molecular complexity index is 596. The van der Waals surface area contributed by atoms with Gasteiger partial charge >= 0.3 is 6.18 Å². The first-order valence-corrected chi connectivity index (χ1v) is 7.20. The van der Waals surface area contributed by atoms with Gasteiger partial charge in [0.05, 0.1) is 22.8 Å². The van der Waals surface area contributed by atoms with Crippen LogP contribution in [-0.2, 0) is 19.1 Å². The van der Waals surface area contributed by atoms with Crippen LogP contribution in [0.15, 0.2) is 23.6 Å². The maximum Gasteiger partial charge on any atom is 0.418 e. The van der Waals surface area contributed by atoms with Gasteiger partial charge in [-0.2, -0.15) is 13.2 Å². The third-order valence-corrected chi connectivity index (χ3v) is 3.93. The predicted octanol–water partition coefficient (Wildman–Crippen LogP) is 4.99. The molecule has 0 aliphatic heterocycles. The van der Waals surface area contributed by atoms with Crippen molar-refractivity contribution >= 4 is 28.6 Å². The van der Waals surface area contributed by atoms with Crippen LogP contribution in [0.4, 0.5) is 18.9 Å². The van der Waals surface area contributed by atoms with E-state index >= 15 is 0 Å². The summed E-state index contributed by atoms with van der Waals surface area (Å²) in [7, 11) is 0. The lowest BCUT2D eigenvalue weighted by molar-refractivity contribution is -0.136. The van der Waals surface area contributed by atoms with E-state index in [0.717, 1.165) is 23.2 Å². The number of benzene rings is 1. The first kappa shape index (κ1) is 15.1. The minimum Gasteiger partial charge on any atom is -0.379 e. The van der Waals surface area contributed by atoms with Crippen molar-refractivity contribution in [2.24, 2.45) is 0 Å². The molecule has 1 N–H and O–H groups in total. The van der Waals surface area contributed by atoms with Gasteiger partial charge in [-0.3, -0.25) is 0 Å². The SMILES string of the molecule is CCc1nc(CNc2ccc(Cl)cc2C(F)(F)F)cs1. The van der Waals surface area contributed by atoms with E-state index in [1.807, 2.05) is 12.3 Å². The molecular weight excluding hydrogens is 309 g/mol. The molecule has 0 bridgehead atoms. The molecule has 1 heterocycles. The zero-order valence-electron chi connectivity index (χ0n) is 10.6. The number of halogens is 4. The molecule has 0 radical (unpaired) electrons. The fourth-order valence-corrected chi connectivity index (χ4v) is 2.60. The van der Waals surface area contributed by atoms with E-state index in [-0.39, 0.29) is 17.3 Å². The quantitative estimate of drug-likeness (QED) is 0.858. The first-order valence-electron chi connectivity index (χ1n) is 5.94. The van der Waals surface area contributed by atoms with Gasteiger partial charge in [-0.15, -0.1) is 11.3 Å². The molecule has 2 aromatic rings. The summed E-state index contributed by atoms with van der Waals surface area (Å²) in [5.74, 6) is 0. The smallest absolute Gasteiger partial charge is 0.379 e. The molecule has 2 rings (SSSR count). The molecule has 7 heteroatoms. The van der Waals surface area contributed by atoms with Crippen LogP contribution in [0.25, 0.3) is 0 Å². The molecule has 0 unspecified atom stereocenters. The molecule has 0 spiro atoms. The highest BCUT2D eigenvalue weighted by Crippen LogP contribution is 2.36. The van der Waals surface area contributed by atoms with E-state index < -0.39 is 11.7 Å². The number of anilines is 1. The molecule has 0 amide bonds. The van der Waals surface area contributed by atoms with Crippen LogP contribution < -0.4 is 5.32 Å². The van der Waals surface area contributed by atoms with Crippen LogP contribution in [0, 0.1) is 0 Å². The second kappa shape index (κ2) is 6.01. The molecule has 0 saturated carbocycles. The Morgan fingerprint density at radius 3 is 2.70 bits per heavy atom. The minimum absolute atomic E-state index is 0.00736. The molecule has 2 nitrogen and oxygen atoms in total. The van der Waals surface area contributed by atoms with Crippen LogP contribution in [0.5, 0.6) is 0 Å². The van der Waals surface area contributed by atoms with Crippen LogP contribution in [-0.4, -0.2) is 4.98 Å². The normalized spacial score (nSPS) is 11.7. The highest BCUT2D eigenvalue weighted by atomic mass is 35.5. The number of aromatic nitrogens is 1. The number of nitrogens with zero attached hydrogens (tertiary/aromatic N) is 1. The molecule has 20 heavy (non-hydrogen) atoms. The number of aryl methyl sites for hydroxylation is 1. The highest BCUT2D eigenvalue weighted by Gasteiger charge is 2.33. The summed E-state index contributed by atoms with van der Waals surface area (Å²) in [5, 5.41) is 5.64. The van der Waals surface area contributed by atoms with Crippen molar-refractivity contribution in [2.75, 3.05) is 5.32 Å². The molecule has 0 saturated heterocycles. The average Bonchev–Trinajstić information content (AvgIpc) is 2.84. The van der Waals surface area contributed by atoms with E-state index in [9.17, 15) is 13.2 Å². The number of alkyl halides is 3. The summed E-state index contributed by atoms with van der Waals surface area (Å²) in [6, 6.07) is 3.68. The van der Waals surface area contributed by atoms with Gasteiger partial charge in [0.25, 0.3) is 0 Å². The maximum absolute atomic E-state index is 12.9. The molecule has 108 valence electrons. The average molecular weight is 321 g/mol. The molecule has 0 fully saturated rings. The monoisotopic (exact) mass is 320 g/mol. The van der Waals surface area contributed by atoms with E-state index in [1.54, 1.807) is 0 Å². The summed E-state index contributed by atoms with van der Waals surface area (Å²) < 4.78 is 38.7. The molecule has 0 atom stereocenters. The lowest BCUT2D eigenvalue weighted by Crippen LogP contribution is -2.11. The van der Waals surface area contributed by atoms with Gasteiger partial charge in [-0.05, 0) is 24.6 Å². The number of nitrogens with one attached hydrogen (secondary N) is 1. The summed E-state index contributed by atoms with van der Waals surface area (Å²) in [6.45, 7) is 2.23. The second-order valence-electron chi connectivity index (χ2n) is 4.13. The second-order valence-corrected chi connectivity index (χ2v) is 5.51. The topological polar surface area (TPSA) is 24.9 Å². The number of rotatable bonds is 4. The van der Waals surface area contributed by atoms with Gasteiger partial charge in [0.2, 0.25) is 0 Å². The van der Waals surface area contributed by atoms with Gasteiger partial charge in [0.1, 0.15) is 0 Å². The van der Waals surface area contributed by atoms with E-state index in [4.69, 9.17) is 11.6 Å². The van der Waals surface area contributed by atoms with Crippen molar-refractivity contribution in [3.8, 4) is 0 Å². The third kappa shape index (κ3) is 3.64. The van der Waals surface area contributed by atoms with Crippen molar-refractivity contribution < 1.29 is 13.2 Å². The summed E-state index contributed by atoms with van der Waals surface area (Å²) in [5.41, 5.74) is -0.0289. The molecule has 0 aliphatic carbocycles. The van der Waals surface area contributed by atoms with Crippen molar-refractivity contribution in [3.05, 3.63) is 44.9 Å². The third-order valence-electron chi connectivity index (χ3n) is 2.65. The molecule has 1 aromatic carbocycles. The van der Waals surface area contributed by atoms with E-state index in [2.05, 4.69) is 10.3 Å². The van der Waals surface area contributed by atoms with Crippen LogP contribution in [0.2, 0.25) is 5.02 Å². The Labute approximate surface area is 123 Å². The lowest BCUT2D eigenvalue weighted by Gasteiger charge is -2.14. The zero-order chi connectivity index (χ0) is 14.8. The van der Waals surface area contributed by atoms with Crippen molar-refractivity contribution in [1.82, 2.24) is 4.98 Å². The summed E-state index contributed by atoms with van der Waals surface area (Å²) in [6.07, 6.45) is -3.62. The minimum atomic E-state index is -4.44. The molecule has 1 aromatic heterocycles. The largest absolute Gasteiger partial charge is 0.418 e. The maximum atomic E-state index is 12.9. The predicted molar refractivity (Wildman–Crippen MR) is 75.3 cm³/mol. The fraction of sp³-hybridized carbons (Fsp3) is 0.308. The van der Waals surface area contributed by atoms with Crippen LogP contribution >= 0.6 is 22.9 Å². The van der Waals surface area contributed by atoms with Gasteiger partial charge in [-0.25, -0.2) is 4.98 Å². The van der Waals surface area contributed by atoms with Crippen LogP contribution in [0.3, 0.4) is 0 Å². The summed E-state index contributed by atoms with van der Waals surface area (Å²) in [4.78, 5) is 4.30. The molecule has 0 aliphatic rings. The van der Waals surface area contributed by atoms with Gasteiger partial charge in [0, 0.05) is 16.1 Å². The highest BCUT2D eigenvalue weighted by molar-refractivity contribution is 7.09.